The van der Waals surface area contributed by atoms with Gasteiger partial charge in [0.2, 0.25) is 0 Å². The van der Waals surface area contributed by atoms with Gasteiger partial charge in [0.15, 0.2) is 5.79 Å². The second-order valence-electron chi connectivity index (χ2n) is 7.14. The molecule has 2 N–H and O–H groups in total. The van der Waals surface area contributed by atoms with E-state index < -0.39 is 18.0 Å². The summed E-state index contributed by atoms with van der Waals surface area (Å²) < 4.78 is 22.8. The minimum Gasteiger partial charge on any atom is -0.497 e. The van der Waals surface area contributed by atoms with Crippen LogP contribution in [0.2, 0.25) is 0 Å². The zero-order valence-corrected chi connectivity index (χ0v) is 16.9. The van der Waals surface area contributed by atoms with Crippen molar-refractivity contribution in [2.24, 2.45) is 0 Å². The summed E-state index contributed by atoms with van der Waals surface area (Å²) in [6.07, 6.45) is 6.86. The third-order valence-electron chi connectivity index (χ3n) is 4.41. The van der Waals surface area contributed by atoms with Gasteiger partial charge in [0.1, 0.15) is 18.0 Å². The van der Waals surface area contributed by atoms with Crippen molar-refractivity contribution in [1.82, 2.24) is 0 Å². The molecule has 1 aromatic carbocycles. The van der Waals surface area contributed by atoms with E-state index in [1.165, 1.54) is 0 Å². The highest BCUT2D eigenvalue weighted by atomic mass is 16.8. The van der Waals surface area contributed by atoms with Crippen LogP contribution in [0.3, 0.4) is 0 Å². The molecule has 6 nitrogen and oxygen atoms in total. The summed E-state index contributed by atoms with van der Waals surface area (Å²) in [6.45, 7) is 4.72. The average molecular weight is 392 g/mol. The average Bonchev–Trinajstić information content (AvgIpc) is 3.00. The molecule has 0 bridgehead atoms. The third kappa shape index (κ3) is 7.37. The number of hydrogen-bond acceptors (Lipinski definition) is 6. The number of aliphatic hydroxyl groups excluding tert-OH is 2. The predicted octanol–water partition coefficient (Wildman–Crippen LogP) is 2.98. The van der Waals surface area contributed by atoms with E-state index in [4.69, 9.17) is 24.1 Å². The Morgan fingerprint density at radius 2 is 1.89 bits per heavy atom. The summed E-state index contributed by atoms with van der Waals surface area (Å²) in [7, 11) is 1.64. The van der Waals surface area contributed by atoms with E-state index >= 15 is 0 Å². The molecule has 1 heterocycles. The molecule has 0 unspecified atom stereocenters. The first-order valence-corrected chi connectivity index (χ1v) is 9.62. The van der Waals surface area contributed by atoms with Gasteiger partial charge >= 0.3 is 0 Å². The maximum Gasteiger partial charge on any atom is 0.163 e. The Bertz CT molecular complexity index is 622. The fraction of sp³-hybridized carbons (Fsp3) is 0.545. The van der Waals surface area contributed by atoms with E-state index in [0.717, 1.165) is 11.3 Å². The lowest BCUT2D eigenvalue weighted by atomic mass is 10.0. The van der Waals surface area contributed by atoms with Crippen molar-refractivity contribution in [2.45, 2.75) is 57.4 Å². The van der Waals surface area contributed by atoms with Crippen LogP contribution in [-0.2, 0) is 20.8 Å². The van der Waals surface area contributed by atoms with Crippen LogP contribution in [0.25, 0.3) is 0 Å². The summed E-state index contributed by atoms with van der Waals surface area (Å²) >= 11 is 0. The van der Waals surface area contributed by atoms with Crippen LogP contribution in [0.15, 0.2) is 48.6 Å². The molecule has 0 radical (unpaired) electrons. The van der Waals surface area contributed by atoms with Crippen molar-refractivity contribution < 1.29 is 29.2 Å². The minimum absolute atomic E-state index is 0.0166. The van der Waals surface area contributed by atoms with Gasteiger partial charge in [-0.25, -0.2) is 0 Å². The van der Waals surface area contributed by atoms with Gasteiger partial charge in [-0.15, -0.1) is 0 Å². The van der Waals surface area contributed by atoms with Crippen molar-refractivity contribution in [2.75, 3.05) is 20.3 Å². The van der Waals surface area contributed by atoms with Crippen LogP contribution in [0.1, 0.15) is 32.3 Å². The molecular formula is C22H32O6. The molecular weight excluding hydrogens is 360 g/mol. The molecule has 0 aromatic heterocycles. The smallest absolute Gasteiger partial charge is 0.163 e. The van der Waals surface area contributed by atoms with Crippen molar-refractivity contribution in [3.63, 3.8) is 0 Å². The molecule has 6 heteroatoms. The first-order chi connectivity index (χ1) is 13.4. The van der Waals surface area contributed by atoms with Crippen LogP contribution in [0.4, 0.5) is 0 Å². The zero-order valence-electron chi connectivity index (χ0n) is 16.9. The zero-order chi connectivity index (χ0) is 20.4. The van der Waals surface area contributed by atoms with Gasteiger partial charge in [-0.1, -0.05) is 36.4 Å². The highest BCUT2D eigenvalue weighted by Crippen LogP contribution is 2.32. The largest absolute Gasteiger partial charge is 0.497 e. The molecule has 2 rings (SSSR count). The van der Waals surface area contributed by atoms with E-state index in [2.05, 4.69) is 0 Å². The Balaban J connectivity index is 1.80. The number of benzene rings is 1. The highest BCUT2D eigenvalue weighted by molar-refractivity contribution is 5.26. The number of allylic oxidation sites excluding steroid dienone is 2. The van der Waals surface area contributed by atoms with Crippen LogP contribution >= 0.6 is 0 Å². The molecule has 156 valence electrons. The normalized spacial score (nSPS) is 22.9. The van der Waals surface area contributed by atoms with E-state index in [1.807, 2.05) is 50.3 Å². The molecule has 0 aliphatic carbocycles. The summed E-state index contributed by atoms with van der Waals surface area (Å²) in [4.78, 5) is 0. The second-order valence-corrected chi connectivity index (χ2v) is 7.14. The minimum atomic E-state index is -0.768. The lowest BCUT2D eigenvalue weighted by molar-refractivity contribution is -0.153. The van der Waals surface area contributed by atoms with E-state index in [1.54, 1.807) is 19.3 Å². The molecule has 0 spiro atoms. The first kappa shape index (κ1) is 22.6. The standard InChI is InChI=1S/C22H32O6/c1-22(2)27-20(21(28-22)19(24)8-6-4-5-7-14-23)13-15-26-16-17-9-11-18(25-3)12-10-17/h5-12,19-21,23-24H,4,13-16H2,1-3H3/b7-5-,8-6+/t19-,20-,21-/m0/s1. The highest BCUT2D eigenvalue weighted by Gasteiger charge is 2.43. The Hall–Kier alpha value is -1.70. The van der Waals surface area contributed by atoms with Crippen molar-refractivity contribution in [3.05, 3.63) is 54.1 Å². The lowest BCUT2D eigenvalue weighted by Crippen LogP contribution is -2.34. The second kappa shape index (κ2) is 11.3. The topological polar surface area (TPSA) is 77.4 Å². The van der Waals surface area contributed by atoms with Gasteiger partial charge in [-0.05, 0) is 44.4 Å². The van der Waals surface area contributed by atoms with Gasteiger partial charge < -0.3 is 29.2 Å². The van der Waals surface area contributed by atoms with Gasteiger partial charge in [0.25, 0.3) is 0 Å². The molecule has 3 atom stereocenters. The summed E-state index contributed by atoms with van der Waals surface area (Å²) in [5.74, 6) is 0.0796. The molecule has 0 amide bonds. The Kier molecular flexibility index (Phi) is 9.15. The van der Waals surface area contributed by atoms with Crippen molar-refractivity contribution >= 4 is 0 Å². The fourth-order valence-electron chi connectivity index (χ4n) is 3.06. The summed E-state index contributed by atoms with van der Waals surface area (Å²) in [5, 5.41) is 19.2. The summed E-state index contributed by atoms with van der Waals surface area (Å²) in [6, 6.07) is 7.76. The Morgan fingerprint density at radius 1 is 1.14 bits per heavy atom. The van der Waals surface area contributed by atoms with Gasteiger partial charge in [0, 0.05) is 6.61 Å². The van der Waals surface area contributed by atoms with Crippen LogP contribution in [0, 0.1) is 0 Å². The predicted molar refractivity (Wildman–Crippen MR) is 107 cm³/mol. The summed E-state index contributed by atoms with van der Waals surface area (Å²) in [5.41, 5.74) is 1.07. The number of methoxy groups -OCH3 is 1. The molecule has 1 saturated heterocycles. The fourth-order valence-corrected chi connectivity index (χ4v) is 3.06. The van der Waals surface area contributed by atoms with Gasteiger partial charge in [-0.3, -0.25) is 0 Å². The molecule has 1 fully saturated rings. The monoisotopic (exact) mass is 392 g/mol. The van der Waals surface area contributed by atoms with Crippen LogP contribution in [-0.4, -0.2) is 54.6 Å². The maximum absolute atomic E-state index is 10.5. The quantitative estimate of drug-likeness (QED) is 0.445. The molecule has 0 saturated carbocycles. The van der Waals surface area contributed by atoms with E-state index in [0.29, 0.717) is 26.1 Å². The van der Waals surface area contributed by atoms with E-state index in [-0.39, 0.29) is 12.7 Å². The molecule has 1 aliphatic rings. The van der Waals surface area contributed by atoms with Gasteiger partial charge in [0.05, 0.1) is 26.4 Å². The van der Waals surface area contributed by atoms with Crippen molar-refractivity contribution in [1.29, 1.82) is 0 Å². The third-order valence-corrected chi connectivity index (χ3v) is 4.41. The number of rotatable bonds is 11. The Labute approximate surface area is 167 Å². The number of hydrogen-bond donors (Lipinski definition) is 2. The first-order valence-electron chi connectivity index (χ1n) is 9.62. The number of ether oxygens (including phenoxy) is 4. The lowest BCUT2D eigenvalue weighted by Gasteiger charge is -2.20. The molecule has 1 aliphatic heterocycles. The Morgan fingerprint density at radius 3 is 2.57 bits per heavy atom. The van der Waals surface area contributed by atoms with E-state index in [9.17, 15) is 5.11 Å². The van der Waals surface area contributed by atoms with Gasteiger partial charge in [-0.2, -0.15) is 0 Å². The molecule has 28 heavy (non-hydrogen) atoms. The van der Waals surface area contributed by atoms with Crippen LogP contribution < -0.4 is 4.74 Å². The number of aliphatic hydroxyl groups is 2. The SMILES string of the molecule is COc1ccc(COCC[C@@H]2OC(C)(C)O[C@H]2[C@@H](O)/C=C/C/C=C\CO)cc1. The van der Waals surface area contributed by atoms with Crippen molar-refractivity contribution in [3.8, 4) is 5.75 Å². The molecule has 1 aromatic rings. The maximum atomic E-state index is 10.5. The van der Waals surface area contributed by atoms with Crippen LogP contribution in [0.5, 0.6) is 5.75 Å².